The molecule has 114 valence electrons. The van der Waals surface area contributed by atoms with Crippen molar-refractivity contribution in [2.75, 3.05) is 39.4 Å². The number of ether oxygens (including phenoxy) is 1. The summed E-state index contributed by atoms with van der Waals surface area (Å²) in [6.45, 7) is 11.1. The number of aliphatic hydroxyl groups is 1. The van der Waals surface area contributed by atoms with Crippen LogP contribution < -0.4 is 5.32 Å². The molecule has 2 N–H and O–H groups in total. The Labute approximate surface area is 120 Å². The van der Waals surface area contributed by atoms with Crippen molar-refractivity contribution in [1.82, 2.24) is 10.2 Å². The number of rotatable bonds is 6. The van der Waals surface area contributed by atoms with Crippen LogP contribution in [0.1, 0.15) is 24.0 Å². The van der Waals surface area contributed by atoms with E-state index < -0.39 is 5.60 Å². The zero-order valence-electron chi connectivity index (χ0n) is 12.7. The van der Waals surface area contributed by atoms with E-state index in [2.05, 4.69) is 10.2 Å². The summed E-state index contributed by atoms with van der Waals surface area (Å²) in [5.41, 5.74) is 0.425. The minimum absolute atomic E-state index is 0.564. The number of nitrogens with zero attached hydrogens (tertiary/aromatic N) is 1. The number of morpholine rings is 1. The molecule has 5 nitrogen and oxygen atoms in total. The maximum absolute atomic E-state index is 10.5. The predicted octanol–water partition coefficient (Wildman–Crippen LogP) is 1.07. The molecule has 0 spiro atoms. The molecule has 1 aliphatic rings. The second-order valence-corrected chi connectivity index (χ2v) is 5.93. The first kappa shape index (κ1) is 15.5. The Bertz CT molecular complexity index is 423. The summed E-state index contributed by atoms with van der Waals surface area (Å²) in [7, 11) is 0. The fourth-order valence-electron chi connectivity index (χ4n) is 2.62. The largest absolute Gasteiger partial charge is 0.466 e. The molecular formula is C15H26N2O3. The van der Waals surface area contributed by atoms with Crippen LogP contribution in [0.25, 0.3) is 0 Å². The van der Waals surface area contributed by atoms with Gasteiger partial charge in [-0.05, 0) is 26.8 Å². The summed E-state index contributed by atoms with van der Waals surface area (Å²) in [5.74, 6) is 1.88. The summed E-state index contributed by atoms with van der Waals surface area (Å²) in [5, 5.41) is 13.8. The van der Waals surface area contributed by atoms with Crippen LogP contribution in [-0.4, -0.2) is 55.0 Å². The zero-order valence-corrected chi connectivity index (χ0v) is 12.7. The minimum atomic E-state index is -0.732. The van der Waals surface area contributed by atoms with E-state index in [9.17, 15) is 5.11 Å². The average molecular weight is 282 g/mol. The Balaban J connectivity index is 1.75. The van der Waals surface area contributed by atoms with Crippen LogP contribution >= 0.6 is 0 Å². The smallest absolute Gasteiger partial charge is 0.105 e. The molecule has 0 aliphatic carbocycles. The topological polar surface area (TPSA) is 57.9 Å². The summed E-state index contributed by atoms with van der Waals surface area (Å²) in [6.07, 6.45) is 0. The van der Waals surface area contributed by atoms with Crippen molar-refractivity contribution in [3.05, 3.63) is 23.2 Å². The molecule has 5 heteroatoms. The van der Waals surface area contributed by atoms with Crippen molar-refractivity contribution < 1.29 is 14.3 Å². The Morgan fingerprint density at radius 2 is 2.05 bits per heavy atom. The first-order valence-electron chi connectivity index (χ1n) is 7.25. The molecule has 1 saturated heterocycles. The molecular weight excluding hydrogens is 256 g/mol. The lowest BCUT2D eigenvalue weighted by Gasteiger charge is -2.34. The molecule has 1 unspecified atom stereocenters. The SMILES string of the molecule is Cc1cc(CNCC(C)(O)CN2CCOCC2)c(C)o1. The lowest BCUT2D eigenvalue weighted by molar-refractivity contribution is -0.0219. The van der Waals surface area contributed by atoms with Gasteiger partial charge in [-0.1, -0.05) is 0 Å². The third kappa shape index (κ3) is 4.59. The second-order valence-electron chi connectivity index (χ2n) is 5.93. The van der Waals surface area contributed by atoms with E-state index in [-0.39, 0.29) is 0 Å². The number of hydrogen-bond acceptors (Lipinski definition) is 5. The average Bonchev–Trinajstić information content (AvgIpc) is 2.68. The monoisotopic (exact) mass is 282 g/mol. The van der Waals surface area contributed by atoms with Gasteiger partial charge in [-0.25, -0.2) is 0 Å². The summed E-state index contributed by atoms with van der Waals surface area (Å²) >= 11 is 0. The molecule has 1 aliphatic heterocycles. The van der Waals surface area contributed by atoms with Crippen LogP contribution in [-0.2, 0) is 11.3 Å². The molecule has 1 fully saturated rings. The van der Waals surface area contributed by atoms with E-state index >= 15 is 0 Å². The molecule has 0 saturated carbocycles. The summed E-state index contributed by atoms with van der Waals surface area (Å²) < 4.78 is 10.8. The van der Waals surface area contributed by atoms with Crippen molar-refractivity contribution in [2.45, 2.75) is 32.9 Å². The lowest BCUT2D eigenvalue weighted by Crippen LogP contribution is -2.50. The highest BCUT2D eigenvalue weighted by atomic mass is 16.5. The Morgan fingerprint density at radius 1 is 1.35 bits per heavy atom. The number of aryl methyl sites for hydroxylation is 2. The van der Waals surface area contributed by atoms with Gasteiger partial charge in [-0.15, -0.1) is 0 Å². The van der Waals surface area contributed by atoms with Gasteiger partial charge in [0, 0.05) is 38.3 Å². The van der Waals surface area contributed by atoms with Gasteiger partial charge in [-0.3, -0.25) is 4.90 Å². The van der Waals surface area contributed by atoms with Gasteiger partial charge in [0.1, 0.15) is 11.5 Å². The fraction of sp³-hybridized carbons (Fsp3) is 0.733. The second kappa shape index (κ2) is 6.72. The number of hydrogen-bond donors (Lipinski definition) is 2. The Morgan fingerprint density at radius 3 is 2.65 bits per heavy atom. The van der Waals surface area contributed by atoms with Gasteiger partial charge in [0.2, 0.25) is 0 Å². The number of β-amino-alcohol motifs (C(OH)–C–C–N with tert-alkyl or cyclic N) is 1. The van der Waals surface area contributed by atoms with E-state index in [1.807, 2.05) is 26.8 Å². The van der Waals surface area contributed by atoms with Crippen LogP contribution in [0.5, 0.6) is 0 Å². The van der Waals surface area contributed by atoms with Crippen molar-refractivity contribution in [3.63, 3.8) is 0 Å². The normalized spacial score (nSPS) is 20.0. The van der Waals surface area contributed by atoms with Gasteiger partial charge < -0.3 is 19.6 Å². The minimum Gasteiger partial charge on any atom is -0.466 e. The molecule has 1 aromatic rings. The van der Waals surface area contributed by atoms with Gasteiger partial charge in [0.25, 0.3) is 0 Å². The van der Waals surface area contributed by atoms with E-state index in [0.717, 1.165) is 49.9 Å². The molecule has 0 aromatic carbocycles. The van der Waals surface area contributed by atoms with Crippen molar-refractivity contribution >= 4 is 0 Å². The van der Waals surface area contributed by atoms with Gasteiger partial charge >= 0.3 is 0 Å². The predicted molar refractivity (Wildman–Crippen MR) is 77.8 cm³/mol. The third-order valence-electron chi connectivity index (χ3n) is 3.63. The highest BCUT2D eigenvalue weighted by Crippen LogP contribution is 2.14. The number of nitrogens with one attached hydrogen (secondary N) is 1. The maximum Gasteiger partial charge on any atom is 0.105 e. The van der Waals surface area contributed by atoms with Crippen LogP contribution in [0.2, 0.25) is 0 Å². The first-order valence-corrected chi connectivity index (χ1v) is 7.25. The molecule has 2 heterocycles. The molecule has 0 bridgehead atoms. The van der Waals surface area contributed by atoms with Crippen LogP contribution in [0.15, 0.2) is 10.5 Å². The quantitative estimate of drug-likeness (QED) is 0.817. The third-order valence-corrected chi connectivity index (χ3v) is 3.63. The number of furan rings is 1. The molecule has 1 aromatic heterocycles. The highest BCUT2D eigenvalue weighted by Gasteiger charge is 2.24. The first-order chi connectivity index (χ1) is 9.46. The highest BCUT2D eigenvalue weighted by molar-refractivity contribution is 5.19. The van der Waals surface area contributed by atoms with E-state index in [0.29, 0.717) is 13.1 Å². The molecule has 20 heavy (non-hydrogen) atoms. The van der Waals surface area contributed by atoms with E-state index in [1.165, 1.54) is 0 Å². The van der Waals surface area contributed by atoms with Crippen molar-refractivity contribution in [3.8, 4) is 0 Å². The Kier molecular flexibility index (Phi) is 5.21. The van der Waals surface area contributed by atoms with E-state index in [4.69, 9.17) is 9.15 Å². The van der Waals surface area contributed by atoms with E-state index in [1.54, 1.807) is 0 Å². The molecule has 0 radical (unpaired) electrons. The van der Waals surface area contributed by atoms with Gasteiger partial charge in [0.05, 0.1) is 18.8 Å². The maximum atomic E-state index is 10.5. The summed E-state index contributed by atoms with van der Waals surface area (Å²) in [4.78, 5) is 2.25. The zero-order chi connectivity index (χ0) is 14.6. The van der Waals surface area contributed by atoms with Gasteiger partial charge in [-0.2, -0.15) is 0 Å². The van der Waals surface area contributed by atoms with Crippen LogP contribution in [0, 0.1) is 13.8 Å². The molecule has 0 amide bonds. The lowest BCUT2D eigenvalue weighted by atomic mass is 10.1. The van der Waals surface area contributed by atoms with Crippen molar-refractivity contribution in [2.24, 2.45) is 0 Å². The van der Waals surface area contributed by atoms with Crippen LogP contribution in [0.3, 0.4) is 0 Å². The van der Waals surface area contributed by atoms with Crippen LogP contribution in [0.4, 0.5) is 0 Å². The Hall–Kier alpha value is -0.880. The standard InChI is InChI=1S/C15H26N2O3/c1-12-8-14(13(2)20-12)9-16-10-15(3,18)11-17-4-6-19-7-5-17/h8,16,18H,4-7,9-11H2,1-3H3. The van der Waals surface area contributed by atoms with Crippen molar-refractivity contribution in [1.29, 1.82) is 0 Å². The molecule has 2 rings (SSSR count). The molecule has 1 atom stereocenters. The fourth-order valence-corrected chi connectivity index (χ4v) is 2.62. The van der Waals surface area contributed by atoms with Gasteiger partial charge in [0.15, 0.2) is 0 Å². The summed E-state index contributed by atoms with van der Waals surface area (Å²) in [6, 6.07) is 2.04.